The quantitative estimate of drug-likeness (QED) is 0.600. The Morgan fingerprint density at radius 2 is 2.04 bits per heavy atom. The summed E-state index contributed by atoms with van der Waals surface area (Å²) >= 11 is 2.87. The second-order valence-corrected chi connectivity index (χ2v) is 10.1. The van der Waals surface area contributed by atoms with Crippen LogP contribution in [0, 0.1) is 5.82 Å². The highest BCUT2D eigenvalue weighted by molar-refractivity contribution is 7.23. The smallest absolute Gasteiger partial charge is 0.251 e. The molecule has 0 aliphatic carbocycles. The number of thiophene rings is 1. The number of carbonyl (C=O) groups is 1. The summed E-state index contributed by atoms with van der Waals surface area (Å²) in [6, 6.07) is 4.50. The van der Waals surface area contributed by atoms with Crippen LogP contribution in [-0.2, 0) is 12.0 Å². The molecule has 4 N–H and O–H groups in total. The van der Waals surface area contributed by atoms with Gasteiger partial charge in [0.1, 0.15) is 10.8 Å². The fraction of sp³-hybridized carbons (Fsp3) is 0.368. The Balaban J connectivity index is 1.81. The van der Waals surface area contributed by atoms with Gasteiger partial charge >= 0.3 is 0 Å². The van der Waals surface area contributed by atoms with Crippen LogP contribution in [-0.4, -0.2) is 16.4 Å². The second-order valence-electron chi connectivity index (χ2n) is 8.04. The van der Waals surface area contributed by atoms with E-state index in [1.807, 2.05) is 0 Å². The summed E-state index contributed by atoms with van der Waals surface area (Å²) in [5.74, 6) is -0.743. The minimum absolute atomic E-state index is 0.146. The van der Waals surface area contributed by atoms with Crippen LogP contribution >= 0.6 is 22.7 Å². The van der Waals surface area contributed by atoms with Crippen LogP contribution in [0.2, 0.25) is 0 Å². The fourth-order valence-corrected chi connectivity index (χ4v) is 6.17. The van der Waals surface area contributed by atoms with Gasteiger partial charge in [-0.25, -0.2) is 9.37 Å². The Bertz CT molecular complexity index is 1070. The van der Waals surface area contributed by atoms with E-state index in [4.69, 9.17) is 5.73 Å². The van der Waals surface area contributed by atoms with Crippen molar-refractivity contribution in [3.8, 4) is 0 Å². The van der Waals surface area contributed by atoms with Gasteiger partial charge in [-0.15, -0.1) is 11.3 Å². The molecule has 1 aliphatic rings. The monoisotopic (exact) mass is 404 g/mol. The minimum Gasteiger partial charge on any atom is -0.365 e. The number of thiazole rings is 1. The van der Waals surface area contributed by atoms with Gasteiger partial charge in [0.2, 0.25) is 0 Å². The third-order valence-electron chi connectivity index (χ3n) is 4.66. The van der Waals surface area contributed by atoms with Gasteiger partial charge in [0.25, 0.3) is 5.91 Å². The first-order valence-electron chi connectivity index (χ1n) is 8.64. The third-order valence-corrected chi connectivity index (χ3v) is 7.07. The van der Waals surface area contributed by atoms with Crippen LogP contribution in [0.15, 0.2) is 18.2 Å². The zero-order valence-corrected chi connectivity index (χ0v) is 17.2. The van der Waals surface area contributed by atoms with E-state index in [2.05, 4.69) is 43.3 Å². The molecule has 8 heteroatoms. The normalized spacial score (nSPS) is 17.7. The number of benzene rings is 1. The summed E-state index contributed by atoms with van der Waals surface area (Å²) < 4.78 is 14.2. The first-order chi connectivity index (χ1) is 12.6. The number of hydrogen-bond donors (Lipinski definition) is 3. The lowest BCUT2D eigenvalue weighted by Crippen LogP contribution is -2.55. The lowest BCUT2D eigenvalue weighted by Gasteiger charge is -2.42. The number of primary amides is 1. The number of nitrogens with zero attached hydrogens (tertiary/aromatic N) is 1. The van der Waals surface area contributed by atoms with Gasteiger partial charge in [-0.1, -0.05) is 11.3 Å². The molecule has 1 amide bonds. The number of amides is 1. The summed E-state index contributed by atoms with van der Waals surface area (Å²) in [4.78, 5) is 17.9. The zero-order valence-electron chi connectivity index (χ0n) is 15.6. The van der Waals surface area contributed by atoms with Crippen molar-refractivity contribution in [2.24, 2.45) is 5.73 Å². The Kier molecular flexibility index (Phi) is 4.06. The van der Waals surface area contributed by atoms with Gasteiger partial charge in [0.05, 0.1) is 15.8 Å². The van der Waals surface area contributed by atoms with E-state index < -0.39 is 5.91 Å². The van der Waals surface area contributed by atoms with Crippen LogP contribution < -0.4 is 16.4 Å². The highest BCUT2D eigenvalue weighted by Crippen LogP contribution is 2.46. The zero-order chi connectivity index (χ0) is 19.6. The van der Waals surface area contributed by atoms with Crippen LogP contribution in [0.1, 0.15) is 48.5 Å². The number of fused-ring (bicyclic) bond motifs is 2. The second kappa shape index (κ2) is 5.98. The number of carbonyl (C=O) groups excluding carboxylic acids is 1. The van der Waals surface area contributed by atoms with Crippen molar-refractivity contribution in [3.05, 3.63) is 40.0 Å². The van der Waals surface area contributed by atoms with Gasteiger partial charge in [-0.2, -0.15) is 0 Å². The van der Waals surface area contributed by atoms with Crippen molar-refractivity contribution in [1.29, 1.82) is 0 Å². The molecule has 0 bridgehead atoms. The molecule has 27 heavy (non-hydrogen) atoms. The van der Waals surface area contributed by atoms with Crippen LogP contribution in [0.25, 0.3) is 10.2 Å². The molecule has 0 unspecified atom stereocenters. The van der Waals surface area contributed by atoms with Crippen molar-refractivity contribution >= 4 is 48.9 Å². The lowest BCUT2D eigenvalue weighted by molar-refractivity contribution is 0.0999. The maximum atomic E-state index is 13.4. The Hall–Kier alpha value is -2.03. The van der Waals surface area contributed by atoms with E-state index in [9.17, 15) is 9.18 Å². The van der Waals surface area contributed by atoms with Gasteiger partial charge in [0.15, 0.2) is 5.13 Å². The Morgan fingerprint density at radius 1 is 1.30 bits per heavy atom. The predicted molar refractivity (Wildman–Crippen MR) is 110 cm³/mol. The molecular weight excluding hydrogens is 383 g/mol. The molecule has 1 aliphatic heterocycles. The number of anilines is 2. The maximum Gasteiger partial charge on any atom is 0.251 e. The van der Waals surface area contributed by atoms with Gasteiger partial charge in [-0.05, 0) is 57.9 Å². The first-order valence-corrected chi connectivity index (χ1v) is 10.3. The van der Waals surface area contributed by atoms with E-state index in [0.717, 1.165) is 15.1 Å². The summed E-state index contributed by atoms with van der Waals surface area (Å²) in [6.45, 7) is 8.46. The number of rotatable bonds is 3. The molecule has 0 spiro atoms. The molecule has 142 valence electrons. The molecule has 0 saturated carbocycles. The van der Waals surface area contributed by atoms with E-state index in [-0.39, 0.29) is 16.9 Å². The molecule has 0 radical (unpaired) electrons. The lowest BCUT2D eigenvalue weighted by atomic mass is 9.81. The molecular formula is C19H21FN4OS2. The average Bonchev–Trinajstić information content (AvgIpc) is 3.06. The van der Waals surface area contributed by atoms with Crippen molar-refractivity contribution in [1.82, 2.24) is 10.3 Å². The van der Waals surface area contributed by atoms with Gasteiger partial charge in [-0.3, -0.25) is 4.79 Å². The minimum atomic E-state index is -0.448. The molecule has 4 rings (SSSR count). The first kappa shape index (κ1) is 18.3. The third kappa shape index (κ3) is 3.22. The molecule has 3 heterocycles. The van der Waals surface area contributed by atoms with Crippen molar-refractivity contribution in [2.45, 2.75) is 45.2 Å². The summed E-state index contributed by atoms with van der Waals surface area (Å²) in [5.41, 5.74) is 7.57. The van der Waals surface area contributed by atoms with E-state index in [0.29, 0.717) is 27.6 Å². The molecule has 0 atom stereocenters. The topological polar surface area (TPSA) is 80.0 Å². The summed E-state index contributed by atoms with van der Waals surface area (Å²) in [6.07, 6.45) is 0.716. The Labute approximate surface area is 164 Å². The molecule has 0 saturated heterocycles. The van der Waals surface area contributed by atoms with Gasteiger partial charge < -0.3 is 16.4 Å². The highest BCUT2D eigenvalue weighted by atomic mass is 32.1. The van der Waals surface area contributed by atoms with Crippen LogP contribution in [0.3, 0.4) is 0 Å². The van der Waals surface area contributed by atoms with Gasteiger partial charge in [0, 0.05) is 16.0 Å². The number of nitrogens with one attached hydrogen (secondary N) is 2. The van der Waals surface area contributed by atoms with E-state index in [1.54, 1.807) is 6.07 Å². The molecule has 0 fully saturated rings. The Morgan fingerprint density at radius 3 is 2.74 bits per heavy atom. The molecule has 5 nitrogen and oxygen atoms in total. The number of nitrogens with two attached hydrogens (primary N) is 1. The molecule has 1 aromatic carbocycles. The fourth-order valence-electron chi connectivity index (χ4n) is 3.93. The standard InChI is InChI=1S/C19H21FN4OS2/c1-18(2)8-10-13(15(21)25)16(27-14(10)19(3,4)24-18)23-17-22-11-6-5-9(20)7-12(11)26-17/h5-7,24H,8H2,1-4H3,(H2,21,25)(H,22,23). The van der Waals surface area contributed by atoms with Crippen LogP contribution in [0.4, 0.5) is 14.5 Å². The number of aromatic nitrogens is 1. The summed E-state index contributed by atoms with van der Waals surface area (Å²) in [7, 11) is 0. The van der Waals surface area contributed by atoms with Crippen LogP contribution in [0.5, 0.6) is 0 Å². The number of halogens is 1. The largest absolute Gasteiger partial charge is 0.365 e. The highest BCUT2D eigenvalue weighted by Gasteiger charge is 2.41. The maximum absolute atomic E-state index is 13.4. The average molecular weight is 405 g/mol. The van der Waals surface area contributed by atoms with E-state index >= 15 is 0 Å². The summed E-state index contributed by atoms with van der Waals surface area (Å²) in [5, 5.41) is 8.20. The van der Waals surface area contributed by atoms with Crippen molar-refractivity contribution < 1.29 is 9.18 Å². The predicted octanol–water partition coefficient (Wildman–Crippen LogP) is 4.50. The van der Waals surface area contributed by atoms with Crippen molar-refractivity contribution in [2.75, 3.05) is 5.32 Å². The molecule has 2 aromatic heterocycles. The van der Waals surface area contributed by atoms with E-state index in [1.165, 1.54) is 34.8 Å². The number of hydrogen-bond acceptors (Lipinski definition) is 6. The molecule has 3 aromatic rings. The van der Waals surface area contributed by atoms with Crippen molar-refractivity contribution in [3.63, 3.8) is 0 Å². The SMILES string of the molecule is CC1(C)Cc2c(sc(Nc3nc4ccc(F)cc4s3)c2C(N)=O)C(C)(C)N1.